The van der Waals surface area contributed by atoms with E-state index in [1.807, 2.05) is 24.3 Å². The minimum absolute atomic E-state index is 0.0289. The number of fused-ring (bicyclic) bond motifs is 1. The highest BCUT2D eigenvalue weighted by Crippen LogP contribution is 2.27. The van der Waals surface area contributed by atoms with E-state index in [-0.39, 0.29) is 17.5 Å². The first kappa shape index (κ1) is 13.9. The first-order chi connectivity index (χ1) is 10.1. The van der Waals surface area contributed by atoms with E-state index in [2.05, 4.69) is 4.98 Å². The summed E-state index contributed by atoms with van der Waals surface area (Å²) in [6.45, 7) is 0.634. The van der Waals surface area contributed by atoms with Crippen LogP contribution in [0, 0.1) is 0 Å². The van der Waals surface area contributed by atoms with Gasteiger partial charge in [0.1, 0.15) is 5.02 Å². The van der Waals surface area contributed by atoms with E-state index in [1.54, 1.807) is 0 Å². The molecule has 1 aliphatic rings. The lowest BCUT2D eigenvalue weighted by Crippen LogP contribution is -2.38. The lowest BCUT2D eigenvalue weighted by atomic mass is 9.97. The van der Waals surface area contributed by atoms with Gasteiger partial charge in [-0.05, 0) is 17.2 Å². The van der Waals surface area contributed by atoms with Gasteiger partial charge in [0.2, 0.25) is 0 Å². The van der Waals surface area contributed by atoms with Crippen molar-refractivity contribution in [2.75, 3.05) is 6.54 Å². The Balaban J connectivity index is 1.90. The number of pyridine rings is 1. The summed E-state index contributed by atoms with van der Waals surface area (Å²) < 4.78 is 0. The third-order valence-electron chi connectivity index (χ3n) is 3.56. The van der Waals surface area contributed by atoms with Crippen molar-refractivity contribution < 1.29 is 9.90 Å². The molecular formula is C15H13ClN2O3. The number of carbonyl (C=O) groups is 1. The van der Waals surface area contributed by atoms with Gasteiger partial charge < -0.3 is 15.0 Å². The number of rotatable bonds is 1. The number of benzene rings is 1. The Kier molecular flexibility index (Phi) is 3.53. The summed E-state index contributed by atoms with van der Waals surface area (Å²) in [7, 11) is 0. The molecule has 6 heteroatoms. The Labute approximate surface area is 125 Å². The molecule has 0 saturated heterocycles. The smallest absolute Gasteiger partial charge is 0.266 e. The van der Waals surface area contributed by atoms with Crippen LogP contribution in [0.5, 0.6) is 0 Å². The first-order valence-electron chi connectivity index (χ1n) is 6.49. The van der Waals surface area contributed by atoms with E-state index in [4.69, 9.17) is 11.6 Å². The first-order valence-corrected chi connectivity index (χ1v) is 6.87. The van der Waals surface area contributed by atoms with E-state index in [0.717, 1.165) is 11.1 Å². The zero-order valence-electron chi connectivity index (χ0n) is 11.0. The zero-order chi connectivity index (χ0) is 15.0. The maximum Gasteiger partial charge on any atom is 0.266 e. The third kappa shape index (κ3) is 2.57. The van der Waals surface area contributed by atoms with Gasteiger partial charge in [-0.15, -0.1) is 0 Å². The van der Waals surface area contributed by atoms with Gasteiger partial charge in [-0.1, -0.05) is 35.9 Å². The number of halogens is 1. The average molecular weight is 305 g/mol. The fraction of sp³-hybridized carbons (Fsp3) is 0.200. The quantitative estimate of drug-likeness (QED) is 0.842. The molecule has 2 heterocycles. The van der Waals surface area contributed by atoms with Crippen LogP contribution in [0.25, 0.3) is 0 Å². The van der Waals surface area contributed by atoms with Gasteiger partial charge in [-0.25, -0.2) is 0 Å². The predicted molar refractivity (Wildman–Crippen MR) is 78.2 cm³/mol. The molecule has 0 radical (unpaired) electrons. The fourth-order valence-electron chi connectivity index (χ4n) is 2.50. The lowest BCUT2D eigenvalue weighted by Gasteiger charge is -2.32. The summed E-state index contributed by atoms with van der Waals surface area (Å²) in [5.41, 5.74) is 1.63. The van der Waals surface area contributed by atoms with Gasteiger partial charge in [-0.3, -0.25) is 9.59 Å². The van der Waals surface area contributed by atoms with E-state index in [1.165, 1.54) is 17.2 Å². The lowest BCUT2D eigenvalue weighted by molar-refractivity contribution is 0.0549. The van der Waals surface area contributed by atoms with Crippen molar-refractivity contribution in [1.29, 1.82) is 0 Å². The van der Waals surface area contributed by atoms with E-state index in [9.17, 15) is 14.7 Å². The van der Waals surface area contributed by atoms with Crippen LogP contribution < -0.4 is 5.56 Å². The number of nitrogens with one attached hydrogen (secondary N) is 1. The Morgan fingerprint density at radius 3 is 2.90 bits per heavy atom. The molecule has 21 heavy (non-hydrogen) atoms. The zero-order valence-corrected chi connectivity index (χ0v) is 11.8. The second kappa shape index (κ2) is 5.35. The molecule has 1 aromatic carbocycles. The number of amides is 1. The van der Waals surface area contributed by atoms with Gasteiger partial charge >= 0.3 is 0 Å². The number of H-pyrrole nitrogens is 1. The van der Waals surface area contributed by atoms with Crippen molar-refractivity contribution in [3.63, 3.8) is 0 Å². The van der Waals surface area contributed by atoms with Crippen LogP contribution in [0.4, 0.5) is 0 Å². The molecular weight excluding hydrogens is 292 g/mol. The Hall–Kier alpha value is -2.11. The highest BCUT2D eigenvalue weighted by molar-refractivity contribution is 6.30. The van der Waals surface area contributed by atoms with Gasteiger partial charge in [-0.2, -0.15) is 0 Å². The molecule has 1 aromatic heterocycles. The van der Waals surface area contributed by atoms with E-state index in [0.29, 0.717) is 12.1 Å². The number of hydrogen-bond donors (Lipinski definition) is 2. The van der Waals surface area contributed by atoms with Gasteiger partial charge in [0.05, 0.1) is 18.2 Å². The Morgan fingerprint density at radius 1 is 1.38 bits per heavy atom. The molecule has 1 amide bonds. The SMILES string of the molecule is O=C(c1c[nH]c(=O)c(Cl)c1)N1Cc2ccccc2[C@H](O)C1. The van der Waals surface area contributed by atoms with Crippen LogP contribution >= 0.6 is 11.6 Å². The van der Waals surface area contributed by atoms with Crippen molar-refractivity contribution >= 4 is 17.5 Å². The Bertz CT molecular complexity index is 757. The molecule has 0 aliphatic carbocycles. The minimum Gasteiger partial charge on any atom is -0.387 e. The molecule has 0 saturated carbocycles. The van der Waals surface area contributed by atoms with Crippen LogP contribution in [0.1, 0.15) is 27.6 Å². The van der Waals surface area contributed by atoms with Crippen molar-refractivity contribution in [2.45, 2.75) is 12.6 Å². The van der Waals surface area contributed by atoms with E-state index < -0.39 is 11.7 Å². The normalized spacial score (nSPS) is 17.4. The summed E-state index contributed by atoms with van der Waals surface area (Å²) in [4.78, 5) is 27.6. The number of nitrogens with zero attached hydrogens (tertiary/aromatic N) is 1. The van der Waals surface area contributed by atoms with Crippen molar-refractivity contribution in [3.8, 4) is 0 Å². The Morgan fingerprint density at radius 2 is 2.14 bits per heavy atom. The molecule has 2 N–H and O–H groups in total. The second-order valence-corrected chi connectivity index (χ2v) is 5.37. The molecule has 1 aliphatic heterocycles. The topological polar surface area (TPSA) is 73.4 Å². The maximum absolute atomic E-state index is 12.5. The van der Waals surface area contributed by atoms with Crippen LogP contribution in [-0.4, -0.2) is 27.4 Å². The fourth-order valence-corrected chi connectivity index (χ4v) is 2.67. The van der Waals surface area contributed by atoms with Gasteiger partial charge in [0, 0.05) is 12.7 Å². The summed E-state index contributed by atoms with van der Waals surface area (Å²) in [5.74, 6) is -0.276. The summed E-state index contributed by atoms with van der Waals surface area (Å²) >= 11 is 5.74. The van der Waals surface area contributed by atoms with Gasteiger partial charge in [0.15, 0.2) is 0 Å². The largest absolute Gasteiger partial charge is 0.387 e. The number of aliphatic hydroxyl groups is 1. The summed E-state index contributed by atoms with van der Waals surface area (Å²) in [6, 6.07) is 8.82. The second-order valence-electron chi connectivity index (χ2n) is 4.97. The molecule has 0 unspecified atom stereocenters. The van der Waals surface area contributed by atoms with Crippen LogP contribution in [0.15, 0.2) is 41.3 Å². The van der Waals surface area contributed by atoms with Crippen LogP contribution in [-0.2, 0) is 6.54 Å². The monoisotopic (exact) mass is 304 g/mol. The number of aromatic nitrogens is 1. The van der Waals surface area contributed by atoms with Gasteiger partial charge in [0.25, 0.3) is 11.5 Å². The van der Waals surface area contributed by atoms with Crippen molar-refractivity contribution in [3.05, 3.63) is 68.6 Å². The van der Waals surface area contributed by atoms with Crippen molar-refractivity contribution in [1.82, 2.24) is 9.88 Å². The van der Waals surface area contributed by atoms with Crippen molar-refractivity contribution in [2.24, 2.45) is 0 Å². The molecule has 0 spiro atoms. The standard InChI is InChI=1S/C15H13ClN2O3/c16-12-5-10(6-17-14(12)20)15(21)18-7-9-3-1-2-4-11(9)13(19)8-18/h1-6,13,19H,7-8H2,(H,17,20)/t13-/m1/s1. The molecule has 108 valence electrons. The maximum atomic E-state index is 12.5. The molecule has 0 bridgehead atoms. The number of aliphatic hydroxyl groups excluding tert-OH is 1. The average Bonchev–Trinajstić information content (AvgIpc) is 2.49. The predicted octanol–water partition coefficient (Wildman–Crippen LogP) is 1.72. The minimum atomic E-state index is -0.711. The number of hydrogen-bond acceptors (Lipinski definition) is 3. The summed E-state index contributed by atoms with van der Waals surface area (Å²) in [6.07, 6.45) is 0.626. The number of carbonyl (C=O) groups excluding carboxylic acids is 1. The number of aromatic amines is 1. The number of β-amino-alcohol motifs (C(OH)–C–C–N with tert-alkyl or cyclic N) is 1. The van der Waals surface area contributed by atoms with E-state index >= 15 is 0 Å². The third-order valence-corrected chi connectivity index (χ3v) is 3.84. The highest BCUT2D eigenvalue weighted by atomic mass is 35.5. The molecule has 2 aromatic rings. The summed E-state index contributed by atoms with van der Waals surface area (Å²) in [5, 5.41) is 10.1. The molecule has 1 atom stereocenters. The van der Waals surface area contributed by atoms with Crippen LogP contribution in [0.2, 0.25) is 5.02 Å². The highest BCUT2D eigenvalue weighted by Gasteiger charge is 2.27. The molecule has 3 rings (SSSR count). The molecule has 5 nitrogen and oxygen atoms in total. The molecule has 0 fully saturated rings. The van der Waals surface area contributed by atoms with Crippen LogP contribution in [0.3, 0.4) is 0 Å².